The van der Waals surface area contributed by atoms with E-state index in [0.29, 0.717) is 6.42 Å². The molecule has 1 N–H and O–H groups in total. The number of likely N-dealkylation sites (N-methyl/N-ethyl adjacent to an activating group) is 1. The van der Waals surface area contributed by atoms with Crippen LogP contribution >= 0.6 is 11.3 Å². The molecule has 0 spiro atoms. The van der Waals surface area contributed by atoms with Crippen molar-refractivity contribution in [3.05, 3.63) is 22.4 Å². The lowest BCUT2D eigenvalue weighted by atomic mass is 10.3. The molecule has 9 heteroatoms. The fourth-order valence-corrected chi connectivity index (χ4v) is 3.15. The van der Waals surface area contributed by atoms with Gasteiger partial charge in [-0.25, -0.2) is 9.69 Å². The van der Waals surface area contributed by atoms with Gasteiger partial charge >= 0.3 is 17.8 Å². The van der Waals surface area contributed by atoms with Crippen LogP contribution in [0.25, 0.3) is 0 Å². The molecule has 2 rings (SSSR count). The SMILES string of the molecule is CC(C)NC(=O)CN(C)CN1C(=O)C(=O)N(CCc2cccs2)C1=O. The van der Waals surface area contributed by atoms with E-state index in [1.165, 1.54) is 16.2 Å². The Hall–Kier alpha value is -2.26. The van der Waals surface area contributed by atoms with Gasteiger partial charge in [-0.15, -0.1) is 11.3 Å². The van der Waals surface area contributed by atoms with Gasteiger partial charge in [-0.2, -0.15) is 0 Å². The molecule has 0 aromatic carbocycles. The summed E-state index contributed by atoms with van der Waals surface area (Å²) < 4.78 is 0. The molecule has 1 saturated heterocycles. The topological polar surface area (TPSA) is 90.0 Å². The molecule has 25 heavy (non-hydrogen) atoms. The standard InChI is InChI=1S/C16H22N4O4S/c1-11(2)17-13(21)9-18(3)10-20-15(23)14(22)19(16(20)24)7-6-12-5-4-8-25-12/h4-5,8,11H,6-7,9-10H2,1-3H3,(H,17,21). The van der Waals surface area contributed by atoms with Gasteiger partial charge in [0.15, 0.2) is 0 Å². The zero-order valence-electron chi connectivity index (χ0n) is 14.5. The van der Waals surface area contributed by atoms with E-state index in [-0.39, 0.29) is 31.7 Å². The Labute approximate surface area is 150 Å². The number of amides is 5. The minimum atomic E-state index is -0.854. The second kappa shape index (κ2) is 8.21. The monoisotopic (exact) mass is 366 g/mol. The first-order chi connectivity index (χ1) is 11.8. The molecule has 136 valence electrons. The number of hydrogen-bond donors (Lipinski definition) is 1. The molecule has 0 radical (unpaired) electrons. The van der Waals surface area contributed by atoms with Crippen LogP contribution in [-0.4, -0.2) is 71.3 Å². The Balaban J connectivity index is 1.92. The molecule has 0 unspecified atom stereocenters. The van der Waals surface area contributed by atoms with E-state index in [0.717, 1.165) is 14.7 Å². The second-order valence-electron chi connectivity index (χ2n) is 6.18. The van der Waals surface area contributed by atoms with Crippen molar-refractivity contribution in [2.45, 2.75) is 26.3 Å². The summed E-state index contributed by atoms with van der Waals surface area (Å²) in [6.07, 6.45) is 0.517. The Kier molecular flexibility index (Phi) is 6.27. The zero-order chi connectivity index (χ0) is 18.6. The molecule has 5 amide bonds. The van der Waals surface area contributed by atoms with Crippen LogP contribution in [0.1, 0.15) is 18.7 Å². The molecule has 1 aromatic rings. The second-order valence-corrected chi connectivity index (χ2v) is 7.21. The van der Waals surface area contributed by atoms with Crippen LogP contribution in [0, 0.1) is 0 Å². The largest absolute Gasteiger partial charge is 0.353 e. The van der Waals surface area contributed by atoms with E-state index in [1.54, 1.807) is 7.05 Å². The predicted molar refractivity (Wildman–Crippen MR) is 92.8 cm³/mol. The maximum atomic E-state index is 12.4. The van der Waals surface area contributed by atoms with Gasteiger partial charge in [-0.1, -0.05) is 6.07 Å². The van der Waals surface area contributed by atoms with Crippen LogP contribution in [0.5, 0.6) is 0 Å². The van der Waals surface area contributed by atoms with Gasteiger partial charge < -0.3 is 5.32 Å². The van der Waals surface area contributed by atoms with Crippen molar-refractivity contribution in [2.75, 3.05) is 26.8 Å². The lowest BCUT2D eigenvalue weighted by Gasteiger charge is -2.22. The summed E-state index contributed by atoms with van der Waals surface area (Å²) in [5.74, 6) is -1.88. The molecule has 1 aliphatic rings. The first-order valence-corrected chi connectivity index (χ1v) is 8.85. The van der Waals surface area contributed by atoms with E-state index in [4.69, 9.17) is 0 Å². The third kappa shape index (κ3) is 4.86. The van der Waals surface area contributed by atoms with E-state index in [9.17, 15) is 19.2 Å². The minimum absolute atomic E-state index is 0.00488. The number of thiophene rings is 1. The van der Waals surface area contributed by atoms with Crippen molar-refractivity contribution in [3.8, 4) is 0 Å². The summed E-state index contributed by atoms with van der Waals surface area (Å²) in [6.45, 7) is 3.77. The highest BCUT2D eigenvalue weighted by atomic mass is 32.1. The lowest BCUT2D eigenvalue weighted by molar-refractivity contribution is -0.144. The minimum Gasteiger partial charge on any atom is -0.353 e. The first kappa shape index (κ1) is 19.1. The summed E-state index contributed by atoms with van der Waals surface area (Å²) in [5.41, 5.74) is 0. The van der Waals surface area contributed by atoms with E-state index >= 15 is 0 Å². The molecule has 2 heterocycles. The molecule has 1 fully saturated rings. The number of nitrogens with one attached hydrogen (secondary N) is 1. The van der Waals surface area contributed by atoms with Crippen LogP contribution in [0.2, 0.25) is 0 Å². The molecule has 0 bridgehead atoms. The normalized spacial score (nSPS) is 15.0. The van der Waals surface area contributed by atoms with Crippen LogP contribution < -0.4 is 5.32 Å². The number of urea groups is 1. The Morgan fingerprint density at radius 3 is 2.52 bits per heavy atom. The van der Waals surface area contributed by atoms with Crippen molar-refractivity contribution in [3.63, 3.8) is 0 Å². The Morgan fingerprint density at radius 2 is 1.92 bits per heavy atom. The van der Waals surface area contributed by atoms with E-state index in [2.05, 4.69) is 5.32 Å². The van der Waals surface area contributed by atoms with Crippen LogP contribution in [-0.2, 0) is 20.8 Å². The van der Waals surface area contributed by atoms with Gasteiger partial charge in [-0.3, -0.25) is 24.2 Å². The third-order valence-electron chi connectivity index (χ3n) is 3.54. The van der Waals surface area contributed by atoms with Crippen molar-refractivity contribution in [1.82, 2.24) is 20.0 Å². The summed E-state index contributed by atoms with van der Waals surface area (Å²) in [4.78, 5) is 52.6. The van der Waals surface area contributed by atoms with Gasteiger partial charge in [0, 0.05) is 23.9 Å². The maximum Gasteiger partial charge on any atom is 0.335 e. The van der Waals surface area contributed by atoms with Gasteiger partial charge in [-0.05, 0) is 32.3 Å². The fourth-order valence-electron chi connectivity index (χ4n) is 2.45. The third-order valence-corrected chi connectivity index (χ3v) is 4.48. The lowest BCUT2D eigenvalue weighted by Crippen LogP contribution is -2.45. The highest BCUT2D eigenvalue weighted by molar-refractivity contribution is 7.09. The van der Waals surface area contributed by atoms with Gasteiger partial charge in [0.05, 0.1) is 13.2 Å². The molecule has 0 atom stereocenters. The fraction of sp³-hybridized carbons (Fsp3) is 0.500. The Bertz CT molecular complexity index is 659. The van der Waals surface area contributed by atoms with Crippen LogP contribution in [0.4, 0.5) is 4.79 Å². The molecule has 1 aliphatic heterocycles. The van der Waals surface area contributed by atoms with E-state index < -0.39 is 17.8 Å². The number of carbonyl (C=O) groups excluding carboxylic acids is 4. The summed E-state index contributed by atoms with van der Waals surface area (Å²) >= 11 is 1.53. The number of nitrogens with zero attached hydrogens (tertiary/aromatic N) is 3. The predicted octanol–water partition coefficient (Wildman–Crippen LogP) is 0.495. The summed E-state index contributed by atoms with van der Waals surface area (Å²) in [7, 11) is 1.61. The molecule has 1 aromatic heterocycles. The highest BCUT2D eigenvalue weighted by Crippen LogP contribution is 2.15. The number of carbonyl (C=O) groups is 4. The summed E-state index contributed by atoms with van der Waals surface area (Å²) in [5, 5.41) is 4.64. The van der Waals surface area contributed by atoms with E-state index in [1.807, 2.05) is 31.4 Å². The average Bonchev–Trinajstić information content (AvgIpc) is 3.09. The van der Waals surface area contributed by atoms with Crippen molar-refractivity contribution in [1.29, 1.82) is 0 Å². The molecule has 0 saturated carbocycles. The quantitative estimate of drug-likeness (QED) is 0.534. The first-order valence-electron chi connectivity index (χ1n) is 7.97. The van der Waals surface area contributed by atoms with Crippen molar-refractivity contribution < 1.29 is 19.2 Å². The zero-order valence-corrected chi connectivity index (χ0v) is 15.3. The van der Waals surface area contributed by atoms with Crippen molar-refractivity contribution in [2.24, 2.45) is 0 Å². The maximum absolute atomic E-state index is 12.4. The van der Waals surface area contributed by atoms with Gasteiger partial charge in [0.25, 0.3) is 0 Å². The van der Waals surface area contributed by atoms with Crippen LogP contribution in [0.3, 0.4) is 0 Å². The van der Waals surface area contributed by atoms with Crippen LogP contribution in [0.15, 0.2) is 17.5 Å². The smallest absolute Gasteiger partial charge is 0.335 e. The average molecular weight is 366 g/mol. The number of hydrogen-bond acceptors (Lipinski definition) is 6. The molecular formula is C16H22N4O4S. The van der Waals surface area contributed by atoms with Gasteiger partial charge in [0.1, 0.15) is 0 Å². The van der Waals surface area contributed by atoms with Crippen molar-refractivity contribution >= 4 is 35.1 Å². The number of rotatable bonds is 8. The molecular weight excluding hydrogens is 344 g/mol. The number of imide groups is 2. The molecule has 8 nitrogen and oxygen atoms in total. The van der Waals surface area contributed by atoms with Gasteiger partial charge in [0.2, 0.25) is 5.91 Å². The summed E-state index contributed by atoms with van der Waals surface area (Å²) in [6, 6.07) is 3.17. The molecule has 0 aliphatic carbocycles. The Morgan fingerprint density at radius 1 is 1.24 bits per heavy atom. The highest BCUT2D eigenvalue weighted by Gasteiger charge is 2.44.